The SMILES string of the molecule is CC12CCC(C3(CCCC3)C1)C2(C)C. The fourth-order valence-corrected chi connectivity index (χ4v) is 5.46. The first-order chi connectivity index (χ1) is 6.50. The minimum atomic E-state index is 0.636. The Bertz CT molecular complexity index is 254. The maximum atomic E-state index is 2.57. The normalized spacial score (nSPS) is 47.8. The van der Waals surface area contributed by atoms with E-state index in [0.717, 1.165) is 11.3 Å². The number of rotatable bonds is 0. The first-order valence-electron chi connectivity index (χ1n) is 6.50. The molecule has 1 spiro atoms. The van der Waals surface area contributed by atoms with Gasteiger partial charge in [-0.2, -0.15) is 0 Å². The van der Waals surface area contributed by atoms with Gasteiger partial charge in [0.25, 0.3) is 0 Å². The lowest BCUT2D eigenvalue weighted by atomic mass is 9.69. The van der Waals surface area contributed by atoms with Gasteiger partial charge in [0.2, 0.25) is 0 Å². The molecule has 3 aliphatic carbocycles. The van der Waals surface area contributed by atoms with Gasteiger partial charge in [-0.25, -0.2) is 0 Å². The quantitative estimate of drug-likeness (QED) is 0.534. The Morgan fingerprint density at radius 1 is 0.929 bits per heavy atom. The molecule has 3 saturated carbocycles. The van der Waals surface area contributed by atoms with Gasteiger partial charge in [0.1, 0.15) is 0 Å². The van der Waals surface area contributed by atoms with Crippen LogP contribution in [0.3, 0.4) is 0 Å². The average Bonchev–Trinajstić information content (AvgIpc) is 2.64. The van der Waals surface area contributed by atoms with Crippen LogP contribution in [0.15, 0.2) is 0 Å². The zero-order chi connectivity index (χ0) is 10.0. The predicted octanol–water partition coefficient (Wildman–Crippen LogP) is 4.39. The molecule has 3 fully saturated rings. The molecule has 0 heteroatoms. The van der Waals surface area contributed by atoms with Crippen molar-refractivity contribution in [2.45, 2.75) is 65.7 Å². The number of hydrogen-bond acceptors (Lipinski definition) is 0. The molecule has 2 bridgehead atoms. The summed E-state index contributed by atoms with van der Waals surface area (Å²) in [5.41, 5.74) is 2.12. The lowest BCUT2D eigenvalue weighted by Crippen LogP contribution is -2.28. The summed E-state index contributed by atoms with van der Waals surface area (Å²) < 4.78 is 0. The van der Waals surface area contributed by atoms with E-state index in [1.54, 1.807) is 19.3 Å². The molecule has 80 valence electrons. The molecular weight excluding hydrogens is 168 g/mol. The highest BCUT2D eigenvalue weighted by Crippen LogP contribution is 2.75. The van der Waals surface area contributed by atoms with Crippen molar-refractivity contribution < 1.29 is 0 Å². The molecule has 2 unspecified atom stereocenters. The zero-order valence-electron chi connectivity index (χ0n) is 10.0. The first kappa shape index (κ1) is 9.24. The van der Waals surface area contributed by atoms with E-state index in [-0.39, 0.29) is 0 Å². The van der Waals surface area contributed by atoms with E-state index < -0.39 is 0 Å². The van der Waals surface area contributed by atoms with Crippen molar-refractivity contribution in [2.75, 3.05) is 0 Å². The van der Waals surface area contributed by atoms with Crippen molar-refractivity contribution in [1.82, 2.24) is 0 Å². The summed E-state index contributed by atoms with van der Waals surface area (Å²) in [6, 6.07) is 0. The van der Waals surface area contributed by atoms with Gasteiger partial charge in [0, 0.05) is 0 Å². The molecule has 0 saturated heterocycles. The van der Waals surface area contributed by atoms with Crippen LogP contribution in [0.25, 0.3) is 0 Å². The molecule has 3 aliphatic rings. The van der Waals surface area contributed by atoms with Gasteiger partial charge >= 0.3 is 0 Å². The van der Waals surface area contributed by atoms with Crippen molar-refractivity contribution in [1.29, 1.82) is 0 Å². The van der Waals surface area contributed by atoms with Crippen LogP contribution >= 0.6 is 0 Å². The first-order valence-corrected chi connectivity index (χ1v) is 6.50. The smallest absolute Gasteiger partial charge is 0.0258 e. The molecule has 14 heavy (non-hydrogen) atoms. The van der Waals surface area contributed by atoms with Crippen molar-refractivity contribution in [2.24, 2.45) is 22.2 Å². The molecule has 0 amide bonds. The summed E-state index contributed by atoms with van der Waals surface area (Å²) in [6.07, 6.45) is 10.7. The zero-order valence-corrected chi connectivity index (χ0v) is 10.0. The van der Waals surface area contributed by atoms with E-state index in [9.17, 15) is 0 Å². The molecule has 0 aromatic rings. The highest BCUT2D eigenvalue weighted by atomic mass is 14.7. The third kappa shape index (κ3) is 0.823. The molecule has 0 aromatic heterocycles. The van der Waals surface area contributed by atoms with Crippen molar-refractivity contribution >= 4 is 0 Å². The number of hydrogen-bond donors (Lipinski definition) is 0. The molecule has 0 aromatic carbocycles. The van der Waals surface area contributed by atoms with Gasteiger partial charge in [-0.15, -0.1) is 0 Å². The van der Waals surface area contributed by atoms with E-state index >= 15 is 0 Å². The van der Waals surface area contributed by atoms with Crippen LogP contribution in [0.1, 0.15) is 65.7 Å². The summed E-state index contributed by atoms with van der Waals surface area (Å²) in [7, 11) is 0. The standard InChI is InChI=1S/C14H24/c1-12(2)11-6-9-13(12,3)10-14(11)7-4-5-8-14/h11H,4-10H2,1-3H3. The summed E-state index contributed by atoms with van der Waals surface area (Å²) in [6.45, 7) is 7.68. The maximum absolute atomic E-state index is 2.57. The number of fused-ring (bicyclic) bond motifs is 3. The molecule has 0 heterocycles. The van der Waals surface area contributed by atoms with Crippen molar-refractivity contribution in [3.8, 4) is 0 Å². The Morgan fingerprint density at radius 2 is 1.57 bits per heavy atom. The maximum Gasteiger partial charge on any atom is -0.0258 e. The van der Waals surface area contributed by atoms with E-state index in [4.69, 9.17) is 0 Å². The highest BCUT2D eigenvalue weighted by Gasteiger charge is 2.66. The Kier molecular flexibility index (Phi) is 1.58. The molecule has 3 rings (SSSR count). The molecule has 0 radical (unpaired) electrons. The third-order valence-corrected chi connectivity index (χ3v) is 6.49. The fraction of sp³-hybridized carbons (Fsp3) is 1.00. The summed E-state index contributed by atoms with van der Waals surface area (Å²) in [5.74, 6) is 1.06. The average molecular weight is 192 g/mol. The van der Waals surface area contributed by atoms with E-state index in [2.05, 4.69) is 20.8 Å². The Labute approximate surface area is 88.5 Å². The Morgan fingerprint density at radius 3 is 2.00 bits per heavy atom. The van der Waals surface area contributed by atoms with Crippen molar-refractivity contribution in [3.05, 3.63) is 0 Å². The van der Waals surface area contributed by atoms with Gasteiger partial charge in [-0.1, -0.05) is 33.6 Å². The van der Waals surface area contributed by atoms with Gasteiger partial charge in [0.15, 0.2) is 0 Å². The molecular formula is C14H24. The lowest BCUT2D eigenvalue weighted by molar-refractivity contribution is 0.135. The van der Waals surface area contributed by atoms with Gasteiger partial charge in [-0.3, -0.25) is 0 Å². The van der Waals surface area contributed by atoms with Crippen molar-refractivity contribution in [3.63, 3.8) is 0 Å². The van der Waals surface area contributed by atoms with Crippen LogP contribution in [-0.4, -0.2) is 0 Å². The van der Waals surface area contributed by atoms with Crippen LogP contribution < -0.4 is 0 Å². The molecule has 0 N–H and O–H groups in total. The Balaban J connectivity index is 2.02. The van der Waals surface area contributed by atoms with Gasteiger partial charge in [0.05, 0.1) is 0 Å². The monoisotopic (exact) mass is 192 g/mol. The van der Waals surface area contributed by atoms with Crippen LogP contribution in [0.2, 0.25) is 0 Å². The third-order valence-electron chi connectivity index (χ3n) is 6.49. The highest BCUT2D eigenvalue weighted by molar-refractivity contribution is 5.15. The predicted molar refractivity (Wildman–Crippen MR) is 60.1 cm³/mol. The lowest BCUT2D eigenvalue weighted by Gasteiger charge is -2.36. The van der Waals surface area contributed by atoms with Crippen LogP contribution in [0, 0.1) is 22.2 Å². The van der Waals surface area contributed by atoms with Gasteiger partial charge in [-0.05, 0) is 54.3 Å². The Hall–Kier alpha value is 0. The minimum Gasteiger partial charge on any atom is -0.0591 e. The van der Waals surface area contributed by atoms with Crippen LogP contribution in [0.5, 0.6) is 0 Å². The summed E-state index contributed by atoms with van der Waals surface area (Å²) in [4.78, 5) is 0. The van der Waals surface area contributed by atoms with Gasteiger partial charge < -0.3 is 0 Å². The minimum absolute atomic E-state index is 0.636. The molecule has 2 atom stereocenters. The largest absolute Gasteiger partial charge is 0.0591 e. The van der Waals surface area contributed by atoms with Crippen LogP contribution in [0.4, 0.5) is 0 Å². The second-order valence-corrected chi connectivity index (χ2v) is 7.12. The second kappa shape index (κ2) is 2.39. The van der Waals surface area contributed by atoms with E-state index in [0.29, 0.717) is 10.8 Å². The van der Waals surface area contributed by atoms with Crippen LogP contribution in [-0.2, 0) is 0 Å². The van der Waals surface area contributed by atoms with E-state index in [1.165, 1.54) is 25.7 Å². The topological polar surface area (TPSA) is 0 Å². The summed E-state index contributed by atoms with van der Waals surface area (Å²) in [5, 5.41) is 0. The molecule has 0 aliphatic heterocycles. The van der Waals surface area contributed by atoms with E-state index in [1.807, 2.05) is 0 Å². The fourth-order valence-electron chi connectivity index (χ4n) is 5.46. The summed E-state index contributed by atoms with van der Waals surface area (Å²) >= 11 is 0. The molecule has 0 nitrogen and oxygen atoms in total. The second-order valence-electron chi connectivity index (χ2n) is 7.12.